The summed E-state index contributed by atoms with van der Waals surface area (Å²) in [5.74, 6) is 0. The van der Waals surface area contributed by atoms with Gasteiger partial charge in [0.1, 0.15) is 0 Å². The number of benzene rings is 1. The van der Waals surface area contributed by atoms with E-state index < -0.39 is 0 Å². The number of aromatic nitrogens is 1. The van der Waals surface area contributed by atoms with Gasteiger partial charge >= 0.3 is 0 Å². The molecule has 17 heavy (non-hydrogen) atoms. The van der Waals surface area contributed by atoms with Gasteiger partial charge in [-0.25, -0.2) is 0 Å². The number of pyridine rings is 1. The molecule has 0 aliphatic heterocycles. The van der Waals surface area contributed by atoms with Crippen LogP contribution < -0.4 is 5.32 Å². The first-order chi connectivity index (χ1) is 8.25. The fourth-order valence-corrected chi connectivity index (χ4v) is 1.91. The van der Waals surface area contributed by atoms with E-state index in [1.807, 2.05) is 24.5 Å². The largest absolute Gasteiger partial charge is 0.306 e. The average Bonchev–Trinajstić information content (AvgIpc) is 2.38. The lowest BCUT2D eigenvalue weighted by molar-refractivity contribution is 0.574. The van der Waals surface area contributed by atoms with Gasteiger partial charge in [-0.15, -0.1) is 0 Å². The zero-order valence-electron chi connectivity index (χ0n) is 9.73. The lowest BCUT2D eigenvalue weighted by Gasteiger charge is -2.14. The van der Waals surface area contributed by atoms with Crippen LogP contribution in [0.15, 0.2) is 53.3 Å². The second-order valence-electron chi connectivity index (χ2n) is 4.01. The van der Waals surface area contributed by atoms with Crippen molar-refractivity contribution in [2.75, 3.05) is 0 Å². The highest BCUT2D eigenvalue weighted by Crippen LogP contribution is 2.16. The van der Waals surface area contributed by atoms with Gasteiger partial charge in [0.05, 0.1) is 0 Å². The fraction of sp³-hybridized carbons (Fsp3) is 0.214. The Labute approximate surface area is 110 Å². The van der Waals surface area contributed by atoms with Crippen LogP contribution in [0.25, 0.3) is 0 Å². The first-order valence-corrected chi connectivity index (χ1v) is 6.43. The lowest BCUT2D eigenvalue weighted by Crippen LogP contribution is -2.17. The van der Waals surface area contributed by atoms with E-state index in [0.29, 0.717) is 6.04 Å². The molecule has 2 nitrogen and oxygen atoms in total. The molecule has 2 aromatic rings. The van der Waals surface area contributed by atoms with E-state index in [1.54, 1.807) is 0 Å². The minimum atomic E-state index is 0.344. The Morgan fingerprint density at radius 2 is 1.76 bits per heavy atom. The molecule has 0 spiro atoms. The van der Waals surface area contributed by atoms with Gasteiger partial charge < -0.3 is 5.32 Å². The second kappa shape index (κ2) is 5.94. The van der Waals surface area contributed by atoms with Crippen LogP contribution in [0.3, 0.4) is 0 Å². The van der Waals surface area contributed by atoms with E-state index in [0.717, 1.165) is 11.0 Å². The average molecular weight is 291 g/mol. The Hall–Kier alpha value is -1.19. The van der Waals surface area contributed by atoms with E-state index in [2.05, 4.69) is 57.4 Å². The predicted octanol–water partition coefficient (Wildman–Crippen LogP) is 3.69. The number of hydrogen-bond donors (Lipinski definition) is 1. The SMILES string of the molecule is CC(NCc1ccncc1)c1ccc(Br)cc1. The summed E-state index contributed by atoms with van der Waals surface area (Å²) in [4.78, 5) is 4.01. The molecule has 1 aromatic heterocycles. The van der Waals surface area contributed by atoms with E-state index in [1.165, 1.54) is 11.1 Å². The first kappa shape index (κ1) is 12.3. The molecule has 0 amide bonds. The third kappa shape index (κ3) is 3.65. The summed E-state index contributed by atoms with van der Waals surface area (Å²) in [5.41, 5.74) is 2.55. The maximum Gasteiger partial charge on any atom is 0.0294 e. The van der Waals surface area contributed by atoms with Gasteiger partial charge in [0.15, 0.2) is 0 Å². The van der Waals surface area contributed by atoms with Crippen molar-refractivity contribution in [1.82, 2.24) is 10.3 Å². The molecule has 0 radical (unpaired) electrons. The molecule has 0 saturated carbocycles. The molecule has 0 saturated heterocycles. The van der Waals surface area contributed by atoms with E-state index >= 15 is 0 Å². The summed E-state index contributed by atoms with van der Waals surface area (Å²) in [7, 11) is 0. The van der Waals surface area contributed by atoms with Crippen LogP contribution in [0, 0.1) is 0 Å². The number of nitrogens with one attached hydrogen (secondary N) is 1. The third-order valence-corrected chi connectivity index (χ3v) is 3.26. The summed E-state index contributed by atoms with van der Waals surface area (Å²) in [6.45, 7) is 3.03. The maximum atomic E-state index is 4.01. The lowest BCUT2D eigenvalue weighted by atomic mass is 10.1. The van der Waals surface area contributed by atoms with Crippen molar-refractivity contribution in [2.24, 2.45) is 0 Å². The van der Waals surface area contributed by atoms with Gasteiger partial charge in [-0.3, -0.25) is 4.98 Å². The Bertz CT molecular complexity index is 453. The highest BCUT2D eigenvalue weighted by molar-refractivity contribution is 9.10. The minimum Gasteiger partial charge on any atom is -0.306 e. The number of halogens is 1. The monoisotopic (exact) mass is 290 g/mol. The number of hydrogen-bond acceptors (Lipinski definition) is 2. The third-order valence-electron chi connectivity index (χ3n) is 2.73. The standard InChI is InChI=1S/C14H15BrN2/c1-11(13-2-4-14(15)5-3-13)17-10-12-6-8-16-9-7-12/h2-9,11,17H,10H2,1H3. The molecular formula is C14H15BrN2. The summed E-state index contributed by atoms with van der Waals surface area (Å²) < 4.78 is 1.11. The van der Waals surface area contributed by atoms with Crippen molar-refractivity contribution in [2.45, 2.75) is 19.5 Å². The van der Waals surface area contributed by atoms with Gasteiger partial charge in [0.2, 0.25) is 0 Å². The van der Waals surface area contributed by atoms with E-state index in [-0.39, 0.29) is 0 Å². The van der Waals surface area contributed by atoms with E-state index in [9.17, 15) is 0 Å². The Morgan fingerprint density at radius 3 is 2.41 bits per heavy atom. The van der Waals surface area contributed by atoms with Crippen molar-refractivity contribution in [3.63, 3.8) is 0 Å². The van der Waals surface area contributed by atoms with Gasteiger partial charge in [0.25, 0.3) is 0 Å². The van der Waals surface area contributed by atoms with Crippen LogP contribution in [0.1, 0.15) is 24.1 Å². The van der Waals surface area contributed by atoms with Crippen molar-refractivity contribution >= 4 is 15.9 Å². The van der Waals surface area contributed by atoms with Crippen LogP contribution in [-0.2, 0) is 6.54 Å². The molecule has 0 aliphatic rings. The van der Waals surface area contributed by atoms with Crippen molar-refractivity contribution < 1.29 is 0 Å². The van der Waals surface area contributed by atoms with Crippen LogP contribution in [-0.4, -0.2) is 4.98 Å². The molecule has 0 bridgehead atoms. The Morgan fingerprint density at radius 1 is 1.12 bits per heavy atom. The highest BCUT2D eigenvalue weighted by atomic mass is 79.9. The van der Waals surface area contributed by atoms with Crippen molar-refractivity contribution in [1.29, 1.82) is 0 Å². The molecule has 0 fully saturated rings. The molecule has 3 heteroatoms. The van der Waals surface area contributed by atoms with E-state index in [4.69, 9.17) is 0 Å². The Balaban J connectivity index is 1.93. The molecule has 1 atom stereocenters. The van der Waals surface area contributed by atoms with Crippen LogP contribution in [0.5, 0.6) is 0 Å². The molecule has 1 N–H and O–H groups in total. The van der Waals surface area contributed by atoms with Gasteiger partial charge in [-0.1, -0.05) is 28.1 Å². The minimum absolute atomic E-state index is 0.344. The van der Waals surface area contributed by atoms with Gasteiger partial charge in [-0.2, -0.15) is 0 Å². The normalized spacial score (nSPS) is 12.4. The predicted molar refractivity (Wildman–Crippen MR) is 73.6 cm³/mol. The van der Waals surface area contributed by atoms with Crippen LogP contribution >= 0.6 is 15.9 Å². The maximum absolute atomic E-state index is 4.01. The Kier molecular flexibility index (Phi) is 4.29. The number of rotatable bonds is 4. The summed E-state index contributed by atoms with van der Waals surface area (Å²) in [6, 6.07) is 12.8. The molecule has 1 unspecified atom stereocenters. The molecule has 2 rings (SSSR count). The van der Waals surface area contributed by atoms with Crippen molar-refractivity contribution in [3.8, 4) is 0 Å². The fourth-order valence-electron chi connectivity index (χ4n) is 1.64. The highest BCUT2D eigenvalue weighted by Gasteiger charge is 2.04. The molecule has 0 aliphatic carbocycles. The molecule has 88 valence electrons. The summed E-state index contributed by atoms with van der Waals surface area (Å²) in [5, 5.41) is 3.49. The zero-order chi connectivity index (χ0) is 12.1. The molecular weight excluding hydrogens is 276 g/mol. The molecule has 1 heterocycles. The number of nitrogens with zero attached hydrogens (tertiary/aromatic N) is 1. The topological polar surface area (TPSA) is 24.9 Å². The second-order valence-corrected chi connectivity index (χ2v) is 4.93. The summed E-state index contributed by atoms with van der Waals surface area (Å²) in [6.07, 6.45) is 3.64. The van der Waals surface area contributed by atoms with Crippen LogP contribution in [0.2, 0.25) is 0 Å². The van der Waals surface area contributed by atoms with Crippen molar-refractivity contribution in [3.05, 3.63) is 64.4 Å². The smallest absolute Gasteiger partial charge is 0.0294 e. The van der Waals surface area contributed by atoms with Crippen LogP contribution in [0.4, 0.5) is 0 Å². The quantitative estimate of drug-likeness (QED) is 0.929. The van der Waals surface area contributed by atoms with Gasteiger partial charge in [-0.05, 0) is 42.3 Å². The zero-order valence-corrected chi connectivity index (χ0v) is 11.3. The molecule has 1 aromatic carbocycles. The summed E-state index contributed by atoms with van der Waals surface area (Å²) >= 11 is 3.44. The van der Waals surface area contributed by atoms with Gasteiger partial charge in [0, 0.05) is 29.5 Å². The first-order valence-electron chi connectivity index (χ1n) is 5.63.